The first kappa shape index (κ1) is 17.5. The van der Waals surface area contributed by atoms with E-state index in [9.17, 15) is 9.59 Å². The molecule has 4 nitrogen and oxygen atoms in total. The Bertz CT molecular complexity index is 593. The quantitative estimate of drug-likeness (QED) is 0.906. The number of rotatable bonds is 5. The van der Waals surface area contributed by atoms with E-state index >= 15 is 0 Å². The Labute approximate surface area is 139 Å². The molecule has 1 aliphatic heterocycles. The number of hydrogen-bond donors (Lipinski definition) is 1. The number of amides is 2. The van der Waals surface area contributed by atoms with Crippen LogP contribution in [0.3, 0.4) is 0 Å². The van der Waals surface area contributed by atoms with Gasteiger partial charge in [-0.3, -0.25) is 9.59 Å². The van der Waals surface area contributed by atoms with Crippen LogP contribution >= 0.6 is 0 Å². The third-order valence-corrected chi connectivity index (χ3v) is 4.34. The zero-order valence-electron chi connectivity index (χ0n) is 14.8. The van der Waals surface area contributed by atoms with Crippen LogP contribution in [0.1, 0.15) is 51.2 Å². The standard InChI is InChI=1S/C19H28N2O2/c1-12(2)10-20-19(23)15-9-17(22)21(11-15)18-14(5)7-6-8-16(18)13(3)4/h6-8,12-13,15H,9-11H2,1-5H3,(H,20,23). The van der Waals surface area contributed by atoms with Crippen molar-refractivity contribution in [3.8, 4) is 0 Å². The van der Waals surface area contributed by atoms with E-state index in [1.165, 1.54) is 5.56 Å². The third kappa shape index (κ3) is 3.92. The van der Waals surface area contributed by atoms with Crippen molar-refractivity contribution >= 4 is 17.5 Å². The zero-order chi connectivity index (χ0) is 17.1. The van der Waals surface area contributed by atoms with Crippen LogP contribution in [0.5, 0.6) is 0 Å². The zero-order valence-corrected chi connectivity index (χ0v) is 14.8. The van der Waals surface area contributed by atoms with Gasteiger partial charge in [-0.2, -0.15) is 0 Å². The molecule has 1 aromatic carbocycles. The summed E-state index contributed by atoms with van der Waals surface area (Å²) in [6.07, 6.45) is 0.301. The Morgan fingerprint density at radius 2 is 2.00 bits per heavy atom. The summed E-state index contributed by atoms with van der Waals surface area (Å²) in [4.78, 5) is 26.6. The van der Waals surface area contributed by atoms with Crippen LogP contribution in [-0.4, -0.2) is 24.9 Å². The van der Waals surface area contributed by atoms with E-state index < -0.39 is 0 Å². The van der Waals surface area contributed by atoms with E-state index in [0.29, 0.717) is 31.3 Å². The molecule has 1 N–H and O–H groups in total. The van der Waals surface area contributed by atoms with Crippen molar-refractivity contribution in [3.63, 3.8) is 0 Å². The normalized spacial score (nSPS) is 18.1. The number of para-hydroxylation sites is 1. The Morgan fingerprint density at radius 1 is 1.30 bits per heavy atom. The van der Waals surface area contributed by atoms with Gasteiger partial charge in [0.05, 0.1) is 5.92 Å². The maximum absolute atomic E-state index is 12.5. The van der Waals surface area contributed by atoms with E-state index in [0.717, 1.165) is 11.3 Å². The van der Waals surface area contributed by atoms with E-state index in [4.69, 9.17) is 0 Å². The molecule has 1 heterocycles. The number of carbonyl (C=O) groups is 2. The Hall–Kier alpha value is -1.84. The van der Waals surface area contributed by atoms with Gasteiger partial charge in [-0.1, -0.05) is 45.9 Å². The van der Waals surface area contributed by atoms with Gasteiger partial charge in [-0.15, -0.1) is 0 Å². The number of nitrogens with one attached hydrogen (secondary N) is 1. The molecule has 2 rings (SSSR count). The van der Waals surface area contributed by atoms with Crippen LogP contribution in [0.25, 0.3) is 0 Å². The smallest absolute Gasteiger partial charge is 0.227 e. The average Bonchev–Trinajstić information content (AvgIpc) is 2.86. The lowest BCUT2D eigenvalue weighted by atomic mass is 9.97. The molecule has 23 heavy (non-hydrogen) atoms. The van der Waals surface area contributed by atoms with Crippen molar-refractivity contribution in [2.75, 3.05) is 18.0 Å². The van der Waals surface area contributed by atoms with E-state index in [1.807, 2.05) is 24.0 Å². The van der Waals surface area contributed by atoms with Gasteiger partial charge in [-0.05, 0) is 29.9 Å². The highest BCUT2D eigenvalue weighted by molar-refractivity contribution is 6.01. The minimum absolute atomic E-state index is 0.00534. The maximum atomic E-state index is 12.5. The molecule has 0 spiro atoms. The van der Waals surface area contributed by atoms with E-state index in [2.05, 4.69) is 39.1 Å². The summed E-state index contributed by atoms with van der Waals surface area (Å²) in [5, 5.41) is 2.95. The third-order valence-electron chi connectivity index (χ3n) is 4.34. The van der Waals surface area contributed by atoms with Gasteiger partial charge in [0.2, 0.25) is 11.8 Å². The Morgan fingerprint density at radius 3 is 2.61 bits per heavy atom. The lowest BCUT2D eigenvalue weighted by Crippen LogP contribution is -2.35. The number of carbonyl (C=O) groups excluding carboxylic acids is 2. The van der Waals surface area contributed by atoms with E-state index in [-0.39, 0.29) is 17.7 Å². The summed E-state index contributed by atoms with van der Waals surface area (Å²) in [6.45, 7) is 11.6. The van der Waals surface area contributed by atoms with Gasteiger partial charge in [0, 0.05) is 25.2 Å². The minimum atomic E-state index is -0.249. The summed E-state index contributed by atoms with van der Waals surface area (Å²) in [5.41, 5.74) is 3.25. The molecule has 1 fully saturated rings. The number of hydrogen-bond acceptors (Lipinski definition) is 2. The number of nitrogens with zero attached hydrogens (tertiary/aromatic N) is 1. The summed E-state index contributed by atoms with van der Waals surface area (Å²) in [7, 11) is 0. The molecule has 1 aromatic rings. The molecule has 2 amide bonds. The second-order valence-electron chi connectivity index (χ2n) is 7.21. The van der Waals surface area contributed by atoms with Crippen LogP contribution < -0.4 is 10.2 Å². The fourth-order valence-corrected chi connectivity index (χ4v) is 3.06. The van der Waals surface area contributed by atoms with Crippen molar-refractivity contribution in [3.05, 3.63) is 29.3 Å². The summed E-state index contributed by atoms with van der Waals surface area (Å²) in [6, 6.07) is 6.13. The van der Waals surface area contributed by atoms with Crippen LogP contribution in [0.4, 0.5) is 5.69 Å². The number of anilines is 1. The van der Waals surface area contributed by atoms with Crippen molar-refractivity contribution in [1.29, 1.82) is 0 Å². The van der Waals surface area contributed by atoms with Gasteiger partial charge in [0.25, 0.3) is 0 Å². The van der Waals surface area contributed by atoms with Crippen molar-refractivity contribution in [1.82, 2.24) is 5.32 Å². The summed E-state index contributed by atoms with van der Waals surface area (Å²) < 4.78 is 0. The van der Waals surface area contributed by atoms with Crippen LogP contribution in [0.15, 0.2) is 18.2 Å². The van der Waals surface area contributed by atoms with Crippen LogP contribution in [-0.2, 0) is 9.59 Å². The van der Waals surface area contributed by atoms with E-state index in [1.54, 1.807) is 0 Å². The summed E-state index contributed by atoms with van der Waals surface area (Å²) in [5.74, 6) is 0.545. The molecule has 126 valence electrons. The highest BCUT2D eigenvalue weighted by Crippen LogP contribution is 2.34. The number of aryl methyl sites for hydroxylation is 1. The molecule has 4 heteroatoms. The SMILES string of the molecule is Cc1cccc(C(C)C)c1N1CC(C(=O)NCC(C)C)CC1=O. The van der Waals surface area contributed by atoms with Gasteiger partial charge in [-0.25, -0.2) is 0 Å². The second-order valence-corrected chi connectivity index (χ2v) is 7.21. The molecule has 1 atom stereocenters. The lowest BCUT2D eigenvalue weighted by Gasteiger charge is -2.24. The molecule has 1 aliphatic rings. The molecule has 1 saturated heterocycles. The lowest BCUT2D eigenvalue weighted by molar-refractivity contribution is -0.126. The Kier molecular flexibility index (Phi) is 5.45. The predicted molar refractivity (Wildman–Crippen MR) is 93.6 cm³/mol. The molecular formula is C19H28N2O2. The monoisotopic (exact) mass is 316 g/mol. The first-order valence-electron chi connectivity index (χ1n) is 8.48. The van der Waals surface area contributed by atoms with Crippen LogP contribution in [0.2, 0.25) is 0 Å². The molecule has 0 aliphatic carbocycles. The van der Waals surface area contributed by atoms with Crippen molar-refractivity contribution in [2.45, 2.75) is 47.0 Å². The van der Waals surface area contributed by atoms with Gasteiger partial charge in [0.15, 0.2) is 0 Å². The molecule has 0 bridgehead atoms. The first-order valence-corrected chi connectivity index (χ1v) is 8.48. The largest absolute Gasteiger partial charge is 0.356 e. The summed E-state index contributed by atoms with van der Waals surface area (Å²) >= 11 is 0. The van der Waals surface area contributed by atoms with Crippen molar-refractivity contribution < 1.29 is 9.59 Å². The average molecular weight is 316 g/mol. The topological polar surface area (TPSA) is 49.4 Å². The van der Waals surface area contributed by atoms with Gasteiger partial charge in [0.1, 0.15) is 0 Å². The first-order chi connectivity index (χ1) is 10.8. The van der Waals surface area contributed by atoms with Gasteiger partial charge < -0.3 is 10.2 Å². The second kappa shape index (κ2) is 7.16. The van der Waals surface area contributed by atoms with Crippen LogP contribution in [0, 0.1) is 18.8 Å². The maximum Gasteiger partial charge on any atom is 0.227 e. The Balaban J connectivity index is 2.20. The van der Waals surface area contributed by atoms with Crippen molar-refractivity contribution in [2.24, 2.45) is 11.8 Å². The molecular weight excluding hydrogens is 288 g/mol. The predicted octanol–water partition coefficient (Wildman–Crippen LogP) is 3.24. The van der Waals surface area contributed by atoms with Gasteiger partial charge >= 0.3 is 0 Å². The molecule has 0 saturated carbocycles. The molecule has 1 unspecified atom stereocenters. The highest BCUT2D eigenvalue weighted by atomic mass is 16.2. The molecule has 0 radical (unpaired) electrons. The number of benzene rings is 1. The highest BCUT2D eigenvalue weighted by Gasteiger charge is 2.36. The fraction of sp³-hybridized carbons (Fsp3) is 0.579. The molecule has 0 aromatic heterocycles. The fourth-order valence-electron chi connectivity index (χ4n) is 3.06. The minimum Gasteiger partial charge on any atom is -0.356 e.